The lowest BCUT2D eigenvalue weighted by Gasteiger charge is -2.20. The Morgan fingerprint density at radius 1 is 1.21 bits per heavy atom. The maximum absolute atomic E-state index is 6.28. The van der Waals surface area contributed by atoms with Crippen molar-refractivity contribution in [2.75, 3.05) is 11.9 Å². The summed E-state index contributed by atoms with van der Waals surface area (Å²) in [6.45, 7) is 2.72. The van der Waals surface area contributed by atoms with Crippen LogP contribution in [0.25, 0.3) is 0 Å². The molecule has 0 aliphatic rings. The lowest BCUT2D eigenvalue weighted by atomic mass is 10.2. The van der Waals surface area contributed by atoms with E-state index in [9.17, 15) is 0 Å². The number of benzene rings is 1. The molecule has 2 rings (SSSR count). The van der Waals surface area contributed by atoms with Crippen LogP contribution in [0.15, 0.2) is 36.4 Å². The van der Waals surface area contributed by atoms with E-state index in [4.69, 9.17) is 23.2 Å². The second kappa shape index (κ2) is 6.27. The Kier molecular flexibility index (Phi) is 4.67. The minimum atomic E-state index is 0.475. The number of pyridine rings is 1. The quantitative estimate of drug-likeness (QED) is 0.776. The van der Waals surface area contributed by atoms with E-state index in [1.165, 1.54) is 0 Å². The number of rotatable bonds is 4. The first-order valence-corrected chi connectivity index (χ1v) is 6.99. The molecule has 0 unspecified atom stereocenters. The Hall–Kier alpha value is -1.25. The summed E-state index contributed by atoms with van der Waals surface area (Å²) in [6.07, 6.45) is 0. The van der Waals surface area contributed by atoms with Crippen molar-refractivity contribution in [2.45, 2.75) is 19.3 Å². The highest BCUT2D eigenvalue weighted by molar-refractivity contribution is 6.33. The van der Waals surface area contributed by atoms with E-state index in [-0.39, 0.29) is 0 Å². The Balaban J connectivity index is 2.18. The van der Waals surface area contributed by atoms with Gasteiger partial charge in [0.05, 0.1) is 22.9 Å². The van der Waals surface area contributed by atoms with Crippen molar-refractivity contribution in [3.63, 3.8) is 0 Å². The largest absolute Gasteiger partial charge is 0.367 e. The predicted octanol–water partition coefficient (Wildman–Crippen LogP) is 4.42. The summed E-state index contributed by atoms with van der Waals surface area (Å²) in [7, 11) is 2.01. The van der Waals surface area contributed by atoms with Crippen molar-refractivity contribution in [1.82, 2.24) is 4.98 Å². The fourth-order valence-corrected chi connectivity index (χ4v) is 2.47. The summed E-state index contributed by atoms with van der Waals surface area (Å²) >= 11 is 12.1. The number of aromatic nitrogens is 1. The highest BCUT2D eigenvalue weighted by atomic mass is 35.5. The van der Waals surface area contributed by atoms with Crippen molar-refractivity contribution < 1.29 is 0 Å². The van der Waals surface area contributed by atoms with E-state index in [2.05, 4.69) is 9.88 Å². The van der Waals surface area contributed by atoms with Crippen LogP contribution in [0.3, 0.4) is 0 Å². The first kappa shape index (κ1) is 14.2. The SMILES string of the molecule is Cc1cccc(CN(C)c2ccc(CCl)cc2Cl)n1. The van der Waals surface area contributed by atoms with Crippen molar-refractivity contribution >= 4 is 28.9 Å². The van der Waals surface area contributed by atoms with Gasteiger partial charge in [-0.25, -0.2) is 0 Å². The topological polar surface area (TPSA) is 16.1 Å². The van der Waals surface area contributed by atoms with Crippen LogP contribution in [-0.2, 0) is 12.4 Å². The van der Waals surface area contributed by atoms with Gasteiger partial charge in [0.1, 0.15) is 0 Å². The molecule has 2 aromatic rings. The average molecular weight is 295 g/mol. The Labute approximate surface area is 124 Å². The van der Waals surface area contributed by atoms with E-state index in [0.29, 0.717) is 10.9 Å². The molecule has 0 bridgehead atoms. The minimum Gasteiger partial charge on any atom is -0.367 e. The maximum Gasteiger partial charge on any atom is 0.0642 e. The van der Waals surface area contributed by atoms with E-state index < -0.39 is 0 Å². The third kappa shape index (κ3) is 3.62. The van der Waals surface area contributed by atoms with E-state index >= 15 is 0 Å². The fourth-order valence-electron chi connectivity index (χ4n) is 1.96. The first-order valence-electron chi connectivity index (χ1n) is 6.08. The highest BCUT2D eigenvalue weighted by Gasteiger charge is 2.08. The molecule has 0 aliphatic heterocycles. The van der Waals surface area contributed by atoms with Crippen molar-refractivity contribution in [3.05, 3.63) is 58.4 Å². The van der Waals surface area contributed by atoms with Gasteiger partial charge < -0.3 is 4.90 Å². The molecule has 0 saturated carbocycles. The Morgan fingerprint density at radius 3 is 2.63 bits per heavy atom. The van der Waals surface area contributed by atoms with Gasteiger partial charge in [-0.3, -0.25) is 4.98 Å². The van der Waals surface area contributed by atoms with Gasteiger partial charge in [0.2, 0.25) is 0 Å². The van der Waals surface area contributed by atoms with Gasteiger partial charge in [-0.05, 0) is 36.8 Å². The van der Waals surface area contributed by atoms with Crippen LogP contribution in [0.4, 0.5) is 5.69 Å². The van der Waals surface area contributed by atoms with Crippen molar-refractivity contribution in [2.24, 2.45) is 0 Å². The van der Waals surface area contributed by atoms with E-state index in [1.54, 1.807) is 0 Å². The predicted molar refractivity (Wildman–Crippen MR) is 82.1 cm³/mol. The molecule has 0 saturated heterocycles. The van der Waals surface area contributed by atoms with Gasteiger partial charge in [0.15, 0.2) is 0 Å². The summed E-state index contributed by atoms with van der Waals surface area (Å²) < 4.78 is 0. The molecule has 1 heterocycles. The van der Waals surface area contributed by atoms with Crippen LogP contribution < -0.4 is 4.90 Å². The molecule has 100 valence electrons. The average Bonchev–Trinajstić information content (AvgIpc) is 2.38. The zero-order valence-corrected chi connectivity index (χ0v) is 12.5. The van der Waals surface area contributed by atoms with Crippen LogP contribution in [0, 0.1) is 6.92 Å². The zero-order valence-electron chi connectivity index (χ0n) is 11.0. The number of anilines is 1. The van der Waals surface area contributed by atoms with Crippen LogP contribution >= 0.6 is 23.2 Å². The fraction of sp³-hybridized carbons (Fsp3) is 0.267. The van der Waals surface area contributed by atoms with Crippen molar-refractivity contribution in [3.8, 4) is 0 Å². The van der Waals surface area contributed by atoms with Gasteiger partial charge in [0, 0.05) is 18.6 Å². The summed E-state index contributed by atoms with van der Waals surface area (Å²) in [4.78, 5) is 6.58. The van der Waals surface area contributed by atoms with Gasteiger partial charge in [-0.15, -0.1) is 11.6 Å². The molecule has 0 amide bonds. The van der Waals surface area contributed by atoms with Crippen molar-refractivity contribution in [1.29, 1.82) is 0 Å². The third-order valence-corrected chi connectivity index (χ3v) is 3.53. The second-order valence-corrected chi connectivity index (χ2v) is 5.22. The van der Waals surface area contributed by atoms with Crippen LogP contribution in [0.2, 0.25) is 5.02 Å². The number of hydrogen-bond acceptors (Lipinski definition) is 2. The van der Waals surface area contributed by atoms with Gasteiger partial charge in [0.25, 0.3) is 0 Å². The smallest absolute Gasteiger partial charge is 0.0642 e. The third-order valence-electron chi connectivity index (χ3n) is 2.92. The molecule has 1 aromatic heterocycles. The summed E-state index contributed by atoms with van der Waals surface area (Å²) in [5.74, 6) is 0.475. The molecular weight excluding hydrogens is 279 g/mol. The molecule has 0 atom stereocenters. The molecule has 0 radical (unpaired) electrons. The van der Waals surface area contributed by atoms with Gasteiger partial charge in [-0.2, -0.15) is 0 Å². The second-order valence-electron chi connectivity index (χ2n) is 4.55. The molecule has 2 nitrogen and oxygen atoms in total. The molecular formula is C15H16Cl2N2. The molecule has 0 aliphatic carbocycles. The normalized spacial score (nSPS) is 10.5. The molecule has 0 spiro atoms. The lowest BCUT2D eigenvalue weighted by molar-refractivity contribution is 0.877. The standard InChI is InChI=1S/C15H16Cl2N2/c1-11-4-3-5-13(18-11)10-19(2)15-7-6-12(9-16)8-14(15)17/h3-8H,9-10H2,1-2H3. The van der Waals surface area contributed by atoms with E-state index in [1.807, 2.05) is 50.4 Å². The zero-order chi connectivity index (χ0) is 13.8. The van der Waals surface area contributed by atoms with E-state index in [0.717, 1.165) is 29.2 Å². The summed E-state index contributed by atoms with van der Waals surface area (Å²) in [6, 6.07) is 11.9. The number of alkyl halides is 1. The van der Waals surface area contributed by atoms with Gasteiger partial charge in [-0.1, -0.05) is 23.7 Å². The Morgan fingerprint density at radius 2 is 2.00 bits per heavy atom. The molecule has 0 N–H and O–H groups in total. The number of hydrogen-bond donors (Lipinski definition) is 0. The van der Waals surface area contributed by atoms with Crippen LogP contribution in [0.5, 0.6) is 0 Å². The van der Waals surface area contributed by atoms with Gasteiger partial charge >= 0.3 is 0 Å². The minimum absolute atomic E-state index is 0.475. The molecule has 19 heavy (non-hydrogen) atoms. The monoisotopic (exact) mass is 294 g/mol. The summed E-state index contributed by atoms with van der Waals surface area (Å²) in [5, 5.41) is 0.716. The number of aryl methyl sites for hydroxylation is 1. The maximum atomic E-state index is 6.28. The Bertz CT molecular complexity index is 570. The number of halogens is 2. The molecule has 4 heteroatoms. The first-order chi connectivity index (χ1) is 9.10. The molecule has 0 fully saturated rings. The lowest BCUT2D eigenvalue weighted by Crippen LogP contribution is -2.17. The number of nitrogens with zero attached hydrogens (tertiary/aromatic N) is 2. The van der Waals surface area contributed by atoms with Crippen LogP contribution in [0.1, 0.15) is 17.0 Å². The summed E-state index contributed by atoms with van der Waals surface area (Å²) in [5.41, 5.74) is 4.06. The molecule has 1 aromatic carbocycles. The van der Waals surface area contributed by atoms with Crippen LogP contribution in [-0.4, -0.2) is 12.0 Å². The highest BCUT2D eigenvalue weighted by Crippen LogP contribution is 2.27.